The monoisotopic (exact) mass is 337 g/mol. The zero-order chi connectivity index (χ0) is 14.3. The molecule has 0 saturated heterocycles. The number of rotatable bonds is 2. The minimum Gasteiger partial charge on any atom is -0.388 e. The number of hydrogen-bond donors (Lipinski definition) is 1. The summed E-state index contributed by atoms with van der Waals surface area (Å²) in [5.74, 6) is -1.21. The summed E-state index contributed by atoms with van der Waals surface area (Å²) in [7, 11) is 1.83. The molecule has 0 atom stereocenters. The highest BCUT2D eigenvalue weighted by Crippen LogP contribution is 2.28. The van der Waals surface area contributed by atoms with E-state index >= 15 is 0 Å². The predicted octanol–water partition coefficient (Wildman–Crippen LogP) is 4.08. The highest BCUT2D eigenvalue weighted by molar-refractivity contribution is 9.10. The molecule has 0 spiro atoms. The van der Waals surface area contributed by atoms with Crippen LogP contribution >= 0.6 is 15.9 Å². The van der Waals surface area contributed by atoms with Crippen LogP contribution in [0.25, 0.3) is 16.9 Å². The molecule has 0 bridgehead atoms. The number of nitrogens with one attached hydrogen (secondary N) is 1. The van der Waals surface area contributed by atoms with Gasteiger partial charge < -0.3 is 5.32 Å². The van der Waals surface area contributed by atoms with Crippen LogP contribution in [0.3, 0.4) is 0 Å². The number of halogens is 3. The second-order valence-corrected chi connectivity index (χ2v) is 5.03. The van der Waals surface area contributed by atoms with E-state index in [1.165, 1.54) is 6.07 Å². The Hall–Kier alpha value is -1.95. The minimum atomic E-state index is -0.887. The SMILES string of the molecule is CNc1ccn2c(-c3ccc(F)c(F)c3)nc(Br)c2c1. The molecule has 0 aliphatic heterocycles. The van der Waals surface area contributed by atoms with Crippen LogP contribution in [0.5, 0.6) is 0 Å². The Balaban J connectivity index is 2.23. The predicted molar refractivity (Wildman–Crippen MR) is 77.8 cm³/mol. The molecule has 1 aromatic carbocycles. The molecule has 3 aromatic rings. The molecule has 2 aromatic heterocycles. The van der Waals surface area contributed by atoms with Gasteiger partial charge in [0, 0.05) is 24.5 Å². The molecular formula is C14H10BrF2N3. The van der Waals surface area contributed by atoms with Crippen LogP contribution in [0.4, 0.5) is 14.5 Å². The second kappa shape index (κ2) is 4.86. The standard InChI is InChI=1S/C14H10BrF2N3/c1-18-9-4-5-20-12(7-9)13(15)19-14(20)8-2-3-10(16)11(17)6-8/h2-7,18H,1H3. The van der Waals surface area contributed by atoms with Crippen molar-refractivity contribution in [3.63, 3.8) is 0 Å². The number of benzene rings is 1. The molecule has 102 valence electrons. The zero-order valence-electron chi connectivity index (χ0n) is 10.5. The lowest BCUT2D eigenvalue weighted by Crippen LogP contribution is -1.93. The van der Waals surface area contributed by atoms with E-state index in [4.69, 9.17) is 0 Å². The van der Waals surface area contributed by atoms with Gasteiger partial charge in [0.15, 0.2) is 11.6 Å². The topological polar surface area (TPSA) is 29.3 Å². The Morgan fingerprint density at radius 3 is 2.65 bits per heavy atom. The number of imidazole rings is 1. The largest absolute Gasteiger partial charge is 0.388 e. The summed E-state index contributed by atoms with van der Waals surface area (Å²) in [6, 6.07) is 7.54. The Morgan fingerprint density at radius 1 is 1.15 bits per heavy atom. The summed E-state index contributed by atoms with van der Waals surface area (Å²) in [6.07, 6.45) is 1.83. The number of nitrogens with zero attached hydrogens (tertiary/aromatic N) is 2. The second-order valence-electron chi connectivity index (χ2n) is 4.28. The van der Waals surface area contributed by atoms with Gasteiger partial charge in [0.05, 0.1) is 5.52 Å². The van der Waals surface area contributed by atoms with Crippen LogP contribution in [-0.2, 0) is 0 Å². The number of anilines is 1. The lowest BCUT2D eigenvalue weighted by atomic mass is 10.2. The van der Waals surface area contributed by atoms with Crippen molar-refractivity contribution in [3.05, 3.63) is 52.8 Å². The Bertz CT molecular complexity index is 798. The van der Waals surface area contributed by atoms with E-state index in [1.807, 2.05) is 29.8 Å². The van der Waals surface area contributed by atoms with Crippen LogP contribution in [0.2, 0.25) is 0 Å². The van der Waals surface area contributed by atoms with E-state index in [1.54, 1.807) is 0 Å². The normalized spacial score (nSPS) is 11.0. The van der Waals surface area contributed by atoms with E-state index in [9.17, 15) is 8.78 Å². The maximum absolute atomic E-state index is 13.4. The van der Waals surface area contributed by atoms with Crippen molar-refractivity contribution in [2.75, 3.05) is 12.4 Å². The molecular weight excluding hydrogens is 328 g/mol. The zero-order valence-corrected chi connectivity index (χ0v) is 12.1. The van der Waals surface area contributed by atoms with E-state index in [-0.39, 0.29) is 0 Å². The third-order valence-electron chi connectivity index (χ3n) is 3.07. The van der Waals surface area contributed by atoms with Crippen molar-refractivity contribution >= 4 is 27.1 Å². The van der Waals surface area contributed by atoms with Crippen molar-refractivity contribution in [2.24, 2.45) is 0 Å². The summed E-state index contributed by atoms with van der Waals surface area (Å²) in [4.78, 5) is 4.37. The summed E-state index contributed by atoms with van der Waals surface area (Å²) < 4.78 is 28.8. The van der Waals surface area contributed by atoms with Crippen molar-refractivity contribution in [1.82, 2.24) is 9.38 Å². The summed E-state index contributed by atoms with van der Waals surface area (Å²) in [6.45, 7) is 0. The fraction of sp³-hybridized carbons (Fsp3) is 0.0714. The molecule has 1 N–H and O–H groups in total. The molecule has 0 saturated carbocycles. The number of hydrogen-bond acceptors (Lipinski definition) is 2. The molecule has 2 heterocycles. The van der Waals surface area contributed by atoms with E-state index in [0.29, 0.717) is 16.0 Å². The van der Waals surface area contributed by atoms with Crippen LogP contribution in [0.15, 0.2) is 41.1 Å². The van der Waals surface area contributed by atoms with Crippen LogP contribution in [0.1, 0.15) is 0 Å². The molecule has 0 unspecified atom stereocenters. The first-order chi connectivity index (χ1) is 9.60. The third-order valence-corrected chi connectivity index (χ3v) is 3.65. The smallest absolute Gasteiger partial charge is 0.159 e. The van der Waals surface area contributed by atoms with Crippen LogP contribution < -0.4 is 5.32 Å². The van der Waals surface area contributed by atoms with E-state index < -0.39 is 11.6 Å². The molecule has 0 aliphatic rings. The molecule has 6 heteroatoms. The summed E-state index contributed by atoms with van der Waals surface area (Å²) in [5, 5.41) is 3.04. The van der Waals surface area contributed by atoms with Gasteiger partial charge in [0.25, 0.3) is 0 Å². The molecule has 0 fully saturated rings. The van der Waals surface area contributed by atoms with Crippen molar-refractivity contribution in [3.8, 4) is 11.4 Å². The summed E-state index contributed by atoms with van der Waals surface area (Å²) in [5.41, 5.74) is 2.30. The number of pyridine rings is 1. The third kappa shape index (κ3) is 2.06. The molecule has 0 radical (unpaired) electrons. The number of fused-ring (bicyclic) bond motifs is 1. The average Bonchev–Trinajstić information content (AvgIpc) is 2.79. The first-order valence-corrected chi connectivity index (χ1v) is 6.70. The number of aromatic nitrogens is 2. The van der Waals surface area contributed by atoms with Crippen LogP contribution in [0, 0.1) is 11.6 Å². The van der Waals surface area contributed by atoms with E-state index in [0.717, 1.165) is 23.3 Å². The highest BCUT2D eigenvalue weighted by atomic mass is 79.9. The fourth-order valence-corrected chi connectivity index (χ4v) is 2.52. The van der Waals surface area contributed by atoms with Gasteiger partial charge in [-0.25, -0.2) is 13.8 Å². The molecule has 0 aliphatic carbocycles. The Kier molecular flexibility index (Phi) is 3.17. The first kappa shape index (κ1) is 13.1. The van der Waals surface area contributed by atoms with Gasteiger partial charge >= 0.3 is 0 Å². The lowest BCUT2D eigenvalue weighted by Gasteiger charge is -2.04. The lowest BCUT2D eigenvalue weighted by molar-refractivity contribution is 0.509. The molecule has 0 amide bonds. The van der Waals surface area contributed by atoms with Crippen LogP contribution in [-0.4, -0.2) is 16.4 Å². The van der Waals surface area contributed by atoms with Gasteiger partial charge in [-0.05, 0) is 46.3 Å². The van der Waals surface area contributed by atoms with Gasteiger partial charge in [0.2, 0.25) is 0 Å². The molecule has 3 rings (SSSR count). The maximum atomic E-state index is 13.4. The molecule has 3 nitrogen and oxygen atoms in total. The highest BCUT2D eigenvalue weighted by Gasteiger charge is 2.13. The van der Waals surface area contributed by atoms with Crippen molar-refractivity contribution < 1.29 is 8.78 Å². The first-order valence-electron chi connectivity index (χ1n) is 5.91. The minimum absolute atomic E-state index is 0.516. The Labute approximate surface area is 122 Å². The van der Waals surface area contributed by atoms with Crippen molar-refractivity contribution in [2.45, 2.75) is 0 Å². The van der Waals surface area contributed by atoms with Gasteiger partial charge in [0.1, 0.15) is 10.4 Å². The van der Waals surface area contributed by atoms with Crippen molar-refractivity contribution in [1.29, 1.82) is 0 Å². The quantitative estimate of drug-likeness (QED) is 0.763. The van der Waals surface area contributed by atoms with Gasteiger partial charge in [-0.15, -0.1) is 0 Å². The van der Waals surface area contributed by atoms with Gasteiger partial charge in [-0.3, -0.25) is 4.40 Å². The Morgan fingerprint density at radius 2 is 1.95 bits per heavy atom. The maximum Gasteiger partial charge on any atom is 0.159 e. The molecule has 20 heavy (non-hydrogen) atoms. The fourth-order valence-electron chi connectivity index (χ4n) is 2.04. The van der Waals surface area contributed by atoms with Gasteiger partial charge in [-0.1, -0.05) is 0 Å². The van der Waals surface area contributed by atoms with E-state index in [2.05, 4.69) is 26.2 Å². The van der Waals surface area contributed by atoms with Gasteiger partial charge in [-0.2, -0.15) is 0 Å². The average molecular weight is 338 g/mol. The summed E-state index contributed by atoms with van der Waals surface area (Å²) >= 11 is 3.38.